The Morgan fingerprint density at radius 2 is 1.48 bits per heavy atom. The van der Waals surface area contributed by atoms with Crippen molar-refractivity contribution in [1.82, 2.24) is 30.9 Å². The highest BCUT2D eigenvalue weighted by Crippen LogP contribution is 2.25. The van der Waals surface area contributed by atoms with Gasteiger partial charge >= 0.3 is 0 Å². The van der Waals surface area contributed by atoms with Crippen LogP contribution in [0.1, 0.15) is 73.4 Å². The number of benzene rings is 2. The van der Waals surface area contributed by atoms with Crippen LogP contribution in [0.25, 0.3) is 0 Å². The lowest BCUT2D eigenvalue weighted by atomic mass is 10.0. The van der Waals surface area contributed by atoms with Crippen molar-refractivity contribution in [3.05, 3.63) is 65.2 Å². The quantitative estimate of drug-likeness (QED) is 0.130. The van der Waals surface area contributed by atoms with Crippen LogP contribution >= 0.6 is 12.1 Å². The molecule has 12 heteroatoms. The number of carbonyl (C=O) groups excluding carboxylic acids is 4. The minimum atomic E-state index is -0.670. The minimum absolute atomic E-state index is 0.101. The van der Waals surface area contributed by atoms with Crippen LogP contribution < -0.4 is 30.9 Å². The van der Waals surface area contributed by atoms with Crippen LogP contribution in [0.15, 0.2) is 48.5 Å². The number of rotatable bonds is 17. The molecule has 11 nitrogen and oxygen atoms in total. The summed E-state index contributed by atoms with van der Waals surface area (Å²) in [6.45, 7) is 9.80. The number of anilines is 1. The second kappa shape index (κ2) is 18.8. The highest BCUT2D eigenvalue weighted by Gasteiger charge is 2.26. The standard InChI is InChI=1S/C34H49N7O4S/c1-10-15-28(21-36-24(6)31(42)39-30(22(3)4)34(45)35-11-2)38-33(44)27-18-26(19-29(20-27)41(9)46-40(7)8)32(43)37-23(5)25-16-13-12-14-17-25/h1,12-14,16-20,22-24,28,30,36H,11,15,21H2,2-9H3,(H,35,45)(H,37,43)(H,38,44)(H,39,42)/t23-,24+,28+,30+/m1/s1. The molecular weight excluding hydrogens is 602 g/mol. The maximum absolute atomic E-state index is 13.6. The summed E-state index contributed by atoms with van der Waals surface area (Å²) in [5, 5.41) is 14.6. The van der Waals surface area contributed by atoms with Crippen molar-refractivity contribution in [2.45, 2.75) is 65.2 Å². The number of terminal acetylenes is 1. The summed E-state index contributed by atoms with van der Waals surface area (Å²) in [5.41, 5.74) is 2.24. The molecule has 0 saturated carbocycles. The van der Waals surface area contributed by atoms with Gasteiger partial charge in [0.15, 0.2) is 0 Å². The molecule has 0 fully saturated rings. The zero-order valence-electron chi connectivity index (χ0n) is 28.1. The first-order valence-electron chi connectivity index (χ1n) is 15.4. The predicted octanol–water partition coefficient (Wildman–Crippen LogP) is 3.12. The lowest BCUT2D eigenvalue weighted by Gasteiger charge is -2.25. The highest BCUT2D eigenvalue weighted by molar-refractivity contribution is 7.98. The van der Waals surface area contributed by atoms with E-state index in [1.807, 2.05) is 87.8 Å². The first-order chi connectivity index (χ1) is 21.8. The Morgan fingerprint density at radius 1 is 0.870 bits per heavy atom. The number of carbonyl (C=O) groups is 4. The molecule has 0 heterocycles. The molecule has 250 valence electrons. The SMILES string of the molecule is C#CC[C@@H](CN[C@@H](C)C(=O)N[C@H](C(=O)NCC)C(C)C)NC(=O)c1cc(C(=O)N[C@H](C)c2ccccc2)cc(N(C)SN(C)C)c1. The fourth-order valence-electron chi connectivity index (χ4n) is 4.55. The van der Waals surface area contributed by atoms with Crippen LogP contribution in [0.5, 0.6) is 0 Å². The van der Waals surface area contributed by atoms with E-state index in [0.717, 1.165) is 5.56 Å². The van der Waals surface area contributed by atoms with Crippen LogP contribution in [0.4, 0.5) is 5.69 Å². The van der Waals surface area contributed by atoms with E-state index < -0.39 is 24.0 Å². The average molecular weight is 652 g/mol. The van der Waals surface area contributed by atoms with Gasteiger partial charge < -0.3 is 30.9 Å². The molecule has 0 saturated heterocycles. The molecule has 0 bridgehead atoms. The number of nitrogens with one attached hydrogen (secondary N) is 5. The molecule has 0 radical (unpaired) electrons. The van der Waals surface area contributed by atoms with Gasteiger partial charge in [0.1, 0.15) is 6.04 Å². The summed E-state index contributed by atoms with van der Waals surface area (Å²) < 4.78 is 3.76. The van der Waals surface area contributed by atoms with Crippen molar-refractivity contribution < 1.29 is 19.2 Å². The van der Waals surface area contributed by atoms with Gasteiger partial charge in [0.05, 0.1) is 18.1 Å². The first-order valence-corrected chi connectivity index (χ1v) is 16.2. The molecule has 0 aliphatic rings. The molecule has 0 spiro atoms. The Kier molecular flexibility index (Phi) is 15.6. The van der Waals surface area contributed by atoms with Crippen molar-refractivity contribution in [1.29, 1.82) is 0 Å². The van der Waals surface area contributed by atoms with Crippen molar-refractivity contribution in [2.75, 3.05) is 38.5 Å². The van der Waals surface area contributed by atoms with Crippen molar-refractivity contribution >= 4 is 41.5 Å². The molecule has 0 aliphatic carbocycles. The van der Waals surface area contributed by atoms with Gasteiger partial charge in [-0.1, -0.05) is 44.2 Å². The molecule has 0 aliphatic heterocycles. The van der Waals surface area contributed by atoms with Crippen molar-refractivity contribution in [2.24, 2.45) is 5.92 Å². The summed E-state index contributed by atoms with van der Waals surface area (Å²) in [4.78, 5) is 52.3. The number of hydrogen-bond donors (Lipinski definition) is 5. The maximum atomic E-state index is 13.6. The van der Waals surface area contributed by atoms with Crippen LogP contribution in [-0.4, -0.2) is 80.3 Å². The molecule has 5 N–H and O–H groups in total. The number of hydrogen-bond acceptors (Lipinski definition) is 8. The normalized spacial score (nSPS) is 13.6. The van der Waals surface area contributed by atoms with E-state index in [0.29, 0.717) is 17.8 Å². The van der Waals surface area contributed by atoms with Gasteiger partial charge in [0.2, 0.25) is 11.8 Å². The highest BCUT2D eigenvalue weighted by atomic mass is 32.2. The Balaban J connectivity index is 2.21. The van der Waals surface area contributed by atoms with Crippen LogP contribution in [0.3, 0.4) is 0 Å². The summed E-state index contributed by atoms with van der Waals surface area (Å²) in [6.07, 6.45) is 5.83. The van der Waals surface area contributed by atoms with E-state index in [4.69, 9.17) is 6.42 Å². The van der Waals surface area contributed by atoms with E-state index in [1.54, 1.807) is 25.1 Å². The number of nitrogens with zero attached hydrogens (tertiary/aromatic N) is 2. The minimum Gasteiger partial charge on any atom is -0.355 e. The number of amides is 4. The fraction of sp³-hybridized carbons (Fsp3) is 0.471. The third kappa shape index (κ3) is 12.0. The summed E-state index contributed by atoms with van der Waals surface area (Å²) in [7, 11) is 5.65. The van der Waals surface area contributed by atoms with Gasteiger partial charge in [0.25, 0.3) is 11.8 Å². The summed E-state index contributed by atoms with van der Waals surface area (Å²) in [5.74, 6) is 1.17. The maximum Gasteiger partial charge on any atom is 0.251 e. The molecule has 2 rings (SSSR count). The van der Waals surface area contributed by atoms with E-state index in [-0.39, 0.29) is 48.2 Å². The monoisotopic (exact) mass is 651 g/mol. The molecular formula is C34H49N7O4S. The second-order valence-corrected chi connectivity index (χ2v) is 13.0. The summed E-state index contributed by atoms with van der Waals surface area (Å²) >= 11 is 1.41. The average Bonchev–Trinajstić information content (AvgIpc) is 3.01. The van der Waals surface area contributed by atoms with E-state index in [2.05, 4.69) is 32.5 Å². The van der Waals surface area contributed by atoms with Crippen LogP contribution in [-0.2, 0) is 9.59 Å². The predicted molar refractivity (Wildman–Crippen MR) is 186 cm³/mol. The topological polar surface area (TPSA) is 135 Å². The molecule has 4 amide bonds. The lowest BCUT2D eigenvalue weighted by Crippen LogP contribution is -2.55. The van der Waals surface area contributed by atoms with E-state index >= 15 is 0 Å². The smallest absolute Gasteiger partial charge is 0.251 e. The Labute approximate surface area is 278 Å². The van der Waals surface area contributed by atoms with Gasteiger partial charge in [0, 0.05) is 55.5 Å². The van der Waals surface area contributed by atoms with Crippen LogP contribution in [0.2, 0.25) is 0 Å². The first kappa shape index (κ1) is 38.1. The van der Waals surface area contributed by atoms with Gasteiger partial charge in [-0.2, -0.15) is 0 Å². The van der Waals surface area contributed by atoms with Gasteiger partial charge in [-0.15, -0.1) is 12.3 Å². The third-order valence-electron chi connectivity index (χ3n) is 7.10. The summed E-state index contributed by atoms with van der Waals surface area (Å²) in [6, 6.07) is 12.6. The van der Waals surface area contributed by atoms with Crippen molar-refractivity contribution in [3.8, 4) is 12.3 Å². The molecule has 2 aromatic rings. The Morgan fingerprint density at radius 3 is 2.02 bits per heavy atom. The molecule has 4 atom stereocenters. The van der Waals surface area contributed by atoms with Gasteiger partial charge in [-0.3, -0.25) is 19.2 Å². The van der Waals surface area contributed by atoms with Gasteiger partial charge in [-0.05, 0) is 64.5 Å². The van der Waals surface area contributed by atoms with Crippen molar-refractivity contribution in [3.63, 3.8) is 0 Å². The molecule has 46 heavy (non-hydrogen) atoms. The second-order valence-electron chi connectivity index (χ2n) is 11.6. The molecule has 2 aromatic carbocycles. The molecule has 0 unspecified atom stereocenters. The van der Waals surface area contributed by atoms with E-state index in [1.165, 1.54) is 12.1 Å². The van der Waals surface area contributed by atoms with Crippen LogP contribution in [0, 0.1) is 18.3 Å². The Bertz CT molecular complexity index is 1360. The third-order valence-corrected chi connectivity index (χ3v) is 7.88. The zero-order valence-corrected chi connectivity index (χ0v) is 29.0. The largest absolute Gasteiger partial charge is 0.355 e. The fourth-order valence-corrected chi connectivity index (χ4v) is 5.24. The number of likely N-dealkylation sites (N-methyl/N-ethyl adjacent to an activating group) is 1. The van der Waals surface area contributed by atoms with E-state index in [9.17, 15) is 19.2 Å². The molecule has 0 aromatic heterocycles. The Hall–Kier alpha value is -4.05. The lowest BCUT2D eigenvalue weighted by molar-refractivity contribution is -0.130. The van der Waals surface area contributed by atoms with Gasteiger partial charge in [-0.25, -0.2) is 4.31 Å². The zero-order chi connectivity index (χ0) is 34.4.